The zero-order valence-electron chi connectivity index (χ0n) is 12.5. The van der Waals surface area contributed by atoms with E-state index in [2.05, 4.69) is 5.32 Å². The van der Waals surface area contributed by atoms with Crippen LogP contribution in [0.2, 0.25) is 0 Å². The number of carbonyl (C=O) groups excluding carboxylic acids is 1. The molecule has 0 bridgehead atoms. The fourth-order valence-corrected chi connectivity index (χ4v) is 2.33. The maximum atomic E-state index is 11.5. The van der Waals surface area contributed by atoms with Crippen LogP contribution in [-0.2, 0) is 14.3 Å². The molecule has 1 aliphatic rings. The molecule has 3 N–H and O–H groups in total. The number of hydrogen-bond acceptors (Lipinski definition) is 5. The van der Waals surface area contributed by atoms with Crippen molar-refractivity contribution in [2.75, 3.05) is 13.1 Å². The van der Waals surface area contributed by atoms with Crippen molar-refractivity contribution in [1.29, 1.82) is 0 Å². The summed E-state index contributed by atoms with van der Waals surface area (Å²) in [7, 11) is 0. The first-order chi connectivity index (χ1) is 9.61. The minimum absolute atomic E-state index is 0.0427. The summed E-state index contributed by atoms with van der Waals surface area (Å²) in [5, 5.41) is 20.9. The molecule has 0 aliphatic carbocycles. The minimum atomic E-state index is -1.26. The van der Waals surface area contributed by atoms with Crippen molar-refractivity contribution in [1.82, 2.24) is 10.2 Å². The highest BCUT2D eigenvalue weighted by Crippen LogP contribution is 2.24. The number of ether oxygens (including phenoxy) is 1. The molecule has 2 atom stereocenters. The molecule has 1 saturated heterocycles. The Morgan fingerprint density at radius 2 is 1.86 bits per heavy atom. The predicted octanol–water partition coefficient (Wildman–Crippen LogP) is 0.513. The van der Waals surface area contributed by atoms with Crippen LogP contribution < -0.4 is 5.32 Å². The van der Waals surface area contributed by atoms with Crippen molar-refractivity contribution >= 4 is 18.0 Å². The number of amides is 1. The standard InChI is InChI=1S/C13H22N2O6/c1-13(2,3)21-10(16)7-14-6-8-4-5-9(11(17)18)15(8)12(19)20/h8-9,14H,4-7H2,1-3H3,(H,17,18)(H,19,20). The first kappa shape index (κ1) is 17.2. The highest BCUT2D eigenvalue weighted by Gasteiger charge is 2.40. The van der Waals surface area contributed by atoms with Crippen LogP contribution in [0, 0.1) is 0 Å². The normalized spacial score (nSPS) is 22.1. The summed E-state index contributed by atoms with van der Waals surface area (Å²) in [6.45, 7) is 5.44. The number of aliphatic carboxylic acids is 1. The maximum absolute atomic E-state index is 11.5. The lowest BCUT2D eigenvalue weighted by Crippen LogP contribution is -2.48. The van der Waals surface area contributed by atoms with Gasteiger partial charge in [0.2, 0.25) is 0 Å². The van der Waals surface area contributed by atoms with E-state index in [4.69, 9.17) is 14.9 Å². The topological polar surface area (TPSA) is 116 Å². The van der Waals surface area contributed by atoms with Crippen molar-refractivity contribution < 1.29 is 29.3 Å². The van der Waals surface area contributed by atoms with Crippen LogP contribution in [0.3, 0.4) is 0 Å². The quantitative estimate of drug-likeness (QED) is 0.634. The first-order valence-corrected chi connectivity index (χ1v) is 6.78. The number of hydrogen-bond donors (Lipinski definition) is 3. The summed E-state index contributed by atoms with van der Waals surface area (Å²) < 4.78 is 5.11. The number of rotatable bonds is 5. The summed E-state index contributed by atoms with van der Waals surface area (Å²) in [6.07, 6.45) is -0.533. The van der Waals surface area contributed by atoms with Crippen molar-refractivity contribution in [3.63, 3.8) is 0 Å². The fourth-order valence-electron chi connectivity index (χ4n) is 2.33. The zero-order valence-corrected chi connectivity index (χ0v) is 12.5. The van der Waals surface area contributed by atoms with E-state index in [1.807, 2.05) is 0 Å². The molecule has 1 rings (SSSR count). The van der Waals surface area contributed by atoms with Gasteiger partial charge in [-0.25, -0.2) is 9.59 Å². The number of nitrogens with one attached hydrogen (secondary N) is 1. The van der Waals surface area contributed by atoms with Gasteiger partial charge in [-0.2, -0.15) is 0 Å². The highest BCUT2D eigenvalue weighted by atomic mass is 16.6. The predicted molar refractivity (Wildman–Crippen MR) is 73.0 cm³/mol. The first-order valence-electron chi connectivity index (χ1n) is 6.78. The summed E-state index contributed by atoms with van der Waals surface area (Å²) >= 11 is 0. The lowest BCUT2D eigenvalue weighted by molar-refractivity contribution is -0.153. The van der Waals surface area contributed by atoms with Crippen molar-refractivity contribution in [2.24, 2.45) is 0 Å². The second-order valence-electron chi connectivity index (χ2n) is 5.99. The molecule has 1 fully saturated rings. The molecule has 2 unspecified atom stereocenters. The van der Waals surface area contributed by atoms with Crippen molar-refractivity contribution in [2.45, 2.75) is 51.3 Å². The molecule has 8 heteroatoms. The molecule has 1 amide bonds. The van der Waals surface area contributed by atoms with Gasteiger partial charge in [-0.15, -0.1) is 0 Å². The van der Waals surface area contributed by atoms with E-state index in [0.717, 1.165) is 4.90 Å². The zero-order chi connectivity index (χ0) is 16.2. The van der Waals surface area contributed by atoms with Crippen LogP contribution in [0.25, 0.3) is 0 Å². The molecule has 21 heavy (non-hydrogen) atoms. The smallest absolute Gasteiger partial charge is 0.408 e. The summed E-state index contributed by atoms with van der Waals surface area (Å²) in [6, 6.07) is -1.47. The van der Waals surface area contributed by atoms with Crippen molar-refractivity contribution in [3.8, 4) is 0 Å². The molecule has 0 aromatic carbocycles. The summed E-state index contributed by atoms with van der Waals surface area (Å²) in [5.74, 6) is -1.58. The van der Waals surface area contributed by atoms with E-state index in [1.165, 1.54) is 0 Å². The number of likely N-dealkylation sites (tertiary alicyclic amines) is 1. The fraction of sp³-hybridized carbons (Fsp3) is 0.769. The second kappa shape index (κ2) is 6.75. The van der Waals surface area contributed by atoms with Gasteiger partial charge in [0.05, 0.1) is 6.54 Å². The summed E-state index contributed by atoms with van der Waals surface area (Å²) in [5.41, 5.74) is -0.576. The largest absolute Gasteiger partial charge is 0.480 e. The van der Waals surface area contributed by atoms with E-state index in [-0.39, 0.29) is 19.5 Å². The third-order valence-electron chi connectivity index (χ3n) is 3.08. The molecule has 0 saturated carbocycles. The molecule has 0 aromatic rings. The Labute approximate surface area is 123 Å². The van der Waals surface area contributed by atoms with Crippen LogP contribution in [-0.4, -0.2) is 63.9 Å². The molecule has 1 heterocycles. The maximum Gasteiger partial charge on any atom is 0.408 e. The van der Waals surface area contributed by atoms with Gasteiger partial charge >= 0.3 is 18.0 Å². The minimum Gasteiger partial charge on any atom is -0.480 e. The number of esters is 1. The van der Waals surface area contributed by atoms with Gasteiger partial charge in [0.25, 0.3) is 0 Å². The molecule has 1 aliphatic heterocycles. The number of carboxylic acid groups (broad SMARTS) is 2. The van der Waals surface area contributed by atoms with Gasteiger partial charge in [0.1, 0.15) is 11.6 Å². The highest BCUT2D eigenvalue weighted by molar-refractivity contribution is 5.80. The van der Waals surface area contributed by atoms with E-state index in [9.17, 15) is 14.4 Å². The van der Waals surface area contributed by atoms with Gasteiger partial charge < -0.3 is 20.3 Å². The van der Waals surface area contributed by atoms with Crippen molar-refractivity contribution in [3.05, 3.63) is 0 Å². The van der Waals surface area contributed by atoms with Gasteiger partial charge in [0, 0.05) is 12.6 Å². The van der Waals surface area contributed by atoms with E-state index in [1.54, 1.807) is 20.8 Å². The number of carboxylic acids is 1. The van der Waals surface area contributed by atoms with Crippen LogP contribution in [0.4, 0.5) is 4.79 Å². The Morgan fingerprint density at radius 3 is 2.33 bits per heavy atom. The van der Waals surface area contributed by atoms with Gasteiger partial charge in [-0.05, 0) is 33.6 Å². The monoisotopic (exact) mass is 302 g/mol. The SMILES string of the molecule is CC(C)(C)OC(=O)CNCC1CCC(C(=O)O)N1C(=O)O. The Bertz CT molecular complexity index is 417. The van der Waals surface area contributed by atoms with Crippen LogP contribution >= 0.6 is 0 Å². The molecular weight excluding hydrogens is 280 g/mol. The van der Waals surface area contributed by atoms with Crippen LogP contribution in [0.15, 0.2) is 0 Å². The Hall–Kier alpha value is -1.83. The number of nitrogens with zero attached hydrogens (tertiary/aromatic N) is 1. The molecule has 120 valence electrons. The Balaban J connectivity index is 2.46. The second-order valence-corrected chi connectivity index (χ2v) is 5.99. The Kier molecular flexibility index (Phi) is 5.54. The Morgan fingerprint density at radius 1 is 1.24 bits per heavy atom. The van der Waals surface area contributed by atoms with E-state index >= 15 is 0 Å². The lowest BCUT2D eigenvalue weighted by atomic mass is 10.2. The molecule has 0 spiro atoms. The molecule has 8 nitrogen and oxygen atoms in total. The third-order valence-corrected chi connectivity index (χ3v) is 3.08. The number of carbonyl (C=O) groups is 3. The molecular formula is C13H22N2O6. The molecule has 0 aromatic heterocycles. The van der Waals surface area contributed by atoms with Crippen LogP contribution in [0.5, 0.6) is 0 Å². The lowest BCUT2D eigenvalue weighted by Gasteiger charge is -2.25. The van der Waals surface area contributed by atoms with Crippen LogP contribution in [0.1, 0.15) is 33.6 Å². The van der Waals surface area contributed by atoms with Gasteiger partial charge in [0.15, 0.2) is 0 Å². The van der Waals surface area contributed by atoms with E-state index in [0.29, 0.717) is 6.42 Å². The van der Waals surface area contributed by atoms with Gasteiger partial charge in [-0.3, -0.25) is 9.69 Å². The summed E-state index contributed by atoms with van der Waals surface area (Å²) in [4.78, 5) is 34.6. The average Bonchev–Trinajstić information content (AvgIpc) is 2.70. The third kappa shape index (κ3) is 5.22. The molecule has 0 radical (unpaired) electrons. The van der Waals surface area contributed by atoms with E-state index < -0.39 is 35.7 Å². The van der Waals surface area contributed by atoms with Gasteiger partial charge in [-0.1, -0.05) is 0 Å². The average molecular weight is 302 g/mol.